The number of quaternary nitrogens is 1. The first-order chi connectivity index (χ1) is 45.0. The van der Waals surface area contributed by atoms with Gasteiger partial charge in [0.1, 0.15) is 13.2 Å². The van der Waals surface area contributed by atoms with Gasteiger partial charge >= 0.3 is 0 Å². The predicted octanol–water partition coefficient (Wildman–Crippen LogP) is 26.3. The second-order valence-electron chi connectivity index (χ2n) is 29.5. The molecule has 8 nitrogen and oxygen atoms in total. The maximum absolute atomic E-state index is 13.1. The zero-order valence-corrected chi connectivity index (χ0v) is 63.4. The van der Waals surface area contributed by atoms with E-state index in [0.717, 1.165) is 64.2 Å². The maximum Gasteiger partial charge on any atom is 0.268 e. The van der Waals surface area contributed by atoms with Crippen molar-refractivity contribution in [2.24, 2.45) is 0 Å². The van der Waals surface area contributed by atoms with Crippen molar-refractivity contribution in [2.45, 2.75) is 437 Å². The summed E-state index contributed by atoms with van der Waals surface area (Å²) < 4.78 is 23.6. The summed E-state index contributed by atoms with van der Waals surface area (Å²) in [5.41, 5.74) is 0. The molecule has 0 spiro atoms. The summed E-state index contributed by atoms with van der Waals surface area (Å²) in [7, 11) is 1.33. The van der Waals surface area contributed by atoms with Crippen LogP contribution in [0, 0.1) is 0 Å². The van der Waals surface area contributed by atoms with E-state index < -0.39 is 20.0 Å². The highest BCUT2D eigenvalue weighted by Crippen LogP contribution is 2.38. The number of phosphoric acid groups is 1. The minimum absolute atomic E-state index is 0.0149. The monoisotopic (exact) mass is 1310 g/mol. The molecule has 0 aliphatic rings. The zero-order valence-electron chi connectivity index (χ0n) is 62.5. The summed E-state index contributed by atoms with van der Waals surface area (Å²) in [6.07, 6.45) is 101. The van der Waals surface area contributed by atoms with E-state index in [9.17, 15) is 19.4 Å². The quantitative estimate of drug-likeness (QED) is 0.0272. The van der Waals surface area contributed by atoms with Crippen molar-refractivity contribution < 1.29 is 32.9 Å². The lowest BCUT2D eigenvalue weighted by molar-refractivity contribution is -0.870. The molecule has 1 amide bonds. The fourth-order valence-electron chi connectivity index (χ4n) is 12.8. The van der Waals surface area contributed by atoms with E-state index in [1.54, 1.807) is 0 Å². The molecular weight excluding hydrogens is 1150 g/mol. The Balaban J connectivity index is 3.89. The molecule has 3 atom stereocenters. The molecule has 9 heteroatoms. The van der Waals surface area contributed by atoms with Crippen LogP contribution in [-0.4, -0.2) is 68.5 Å². The van der Waals surface area contributed by atoms with Crippen molar-refractivity contribution in [1.29, 1.82) is 0 Å². The van der Waals surface area contributed by atoms with Gasteiger partial charge in [0.15, 0.2) is 0 Å². The zero-order chi connectivity index (χ0) is 66.9. The summed E-state index contributed by atoms with van der Waals surface area (Å²) in [5.74, 6) is -0.154. The topological polar surface area (TPSA) is 108 Å². The minimum Gasteiger partial charge on any atom is -0.756 e. The first-order valence-corrected chi connectivity index (χ1v) is 42.4. The normalized spacial score (nSPS) is 13.7. The van der Waals surface area contributed by atoms with Crippen molar-refractivity contribution in [3.8, 4) is 0 Å². The van der Waals surface area contributed by atoms with Gasteiger partial charge in [-0.2, -0.15) is 0 Å². The predicted molar refractivity (Wildman–Crippen MR) is 404 cm³/mol. The van der Waals surface area contributed by atoms with Crippen LogP contribution < -0.4 is 10.2 Å². The molecule has 0 rings (SSSR count). The molecule has 2 N–H and O–H groups in total. The summed E-state index contributed by atoms with van der Waals surface area (Å²) in [5, 5.41) is 14.2. The molecule has 0 aromatic heterocycles. The number of allylic oxidation sites excluding steroid dienone is 8. The number of aliphatic hydroxyl groups excluding tert-OH is 1. The van der Waals surface area contributed by atoms with Gasteiger partial charge in [-0.3, -0.25) is 9.36 Å². The average molecular weight is 1310 g/mol. The van der Waals surface area contributed by atoms with Crippen molar-refractivity contribution in [1.82, 2.24) is 5.32 Å². The van der Waals surface area contributed by atoms with Crippen LogP contribution >= 0.6 is 7.82 Å². The second-order valence-corrected chi connectivity index (χ2v) is 30.9. The van der Waals surface area contributed by atoms with Crippen LogP contribution in [-0.2, 0) is 18.4 Å². The Morgan fingerprint density at radius 1 is 0.391 bits per heavy atom. The number of likely N-dealkylation sites (N-methyl/N-ethyl adjacent to an activating group) is 1. The van der Waals surface area contributed by atoms with Gasteiger partial charge in [0.25, 0.3) is 7.82 Å². The number of hydrogen-bond acceptors (Lipinski definition) is 6. The third-order valence-electron chi connectivity index (χ3n) is 19.1. The Bertz CT molecular complexity index is 1640. The molecule has 0 saturated heterocycles. The van der Waals surface area contributed by atoms with E-state index in [1.165, 1.54) is 334 Å². The average Bonchev–Trinajstić information content (AvgIpc) is 2.63. The number of amides is 1. The van der Waals surface area contributed by atoms with Gasteiger partial charge in [0.2, 0.25) is 5.91 Å². The number of aliphatic hydroxyl groups is 1. The molecule has 0 heterocycles. The fourth-order valence-corrected chi connectivity index (χ4v) is 13.5. The highest BCUT2D eigenvalue weighted by atomic mass is 31.2. The van der Waals surface area contributed by atoms with Crippen LogP contribution in [0.3, 0.4) is 0 Å². The summed E-state index contributed by atoms with van der Waals surface area (Å²) in [6.45, 7) is 4.68. The van der Waals surface area contributed by atoms with E-state index in [2.05, 4.69) is 67.8 Å². The maximum atomic E-state index is 13.1. The van der Waals surface area contributed by atoms with Gasteiger partial charge in [0, 0.05) is 6.42 Å². The fraction of sp³-hybridized carbons (Fsp3) is 0.892. The Hall–Kier alpha value is -1.54. The first kappa shape index (κ1) is 90.5. The van der Waals surface area contributed by atoms with Crippen LogP contribution in [0.15, 0.2) is 48.6 Å². The highest BCUT2D eigenvalue weighted by Gasteiger charge is 2.24. The lowest BCUT2D eigenvalue weighted by Gasteiger charge is -2.30. The Morgan fingerprint density at radius 3 is 0.967 bits per heavy atom. The van der Waals surface area contributed by atoms with Crippen LogP contribution in [0.4, 0.5) is 0 Å². The molecular formula is C83H161N2O6P. The van der Waals surface area contributed by atoms with Gasteiger partial charge in [0.05, 0.1) is 39.9 Å². The van der Waals surface area contributed by atoms with E-state index in [1.807, 2.05) is 21.1 Å². The summed E-state index contributed by atoms with van der Waals surface area (Å²) >= 11 is 0. The molecule has 0 aliphatic heterocycles. The van der Waals surface area contributed by atoms with Crippen molar-refractivity contribution in [2.75, 3.05) is 40.9 Å². The van der Waals surface area contributed by atoms with Gasteiger partial charge in [-0.15, -0.1) is 0 Å². The number of phosphoric ester groups is 1. The van der Waals surface area contributed by atoms with Crippen LogP contribution in [0.25, 0.3) is 0 Å². The van der Waals surface area contributed by atoms with Crippen LogP contribution in [0.2, 0.25) is 0 Å². The largest absolute Gasteiger partial charge is 0.756 e. The van der Waals surface area contributed by atoms with E-state index in [-0.39, 0.29) is 19.1 Å². The van der Waals surface area contributed by atoms with Crippen molar-refractivity contribution >= 4 is 13.7 Å². The summed E-state index contributed by atoms with van der Waals surface area (Å²) in [4.78, 5) is 25.8. The lowest BCUT2D eigenvalue weighted by Crippen LogP contribution is -2.46. The molecule has 0 saturated carbocycles. The molecule has 0 radical (unpaired) electrons. The van der Waals surface area contributed by atoms with Crippen molar-refractivity contribution in [3.63, 3.8) is 0 Å². The van der Waals surface area contributed by atoms with Gasteiger partial charge < -0.3 is 28.8 Å². The molecule has 0 aliphatic carbocycles. The number of nitrogens with one attached hydrogen (secondary N) is 1. The Labute approximate surface area is 575 Å². The molecule has 544 valence electrons. The summed E-state index contributed by atoms with van der Waals surface area (Å²) in [6, 6.07) is -0.801. The molecule has 0 aromatic rings. The molecule has 0 bridgehead atoms. The van der Waals surface area contributed by atoms with Crippen LogP contribution in [0.5, 0.6) is 0 Å². The molecule has 0 aromatic carbocycles. The number of rotatable bonds is 77. The molecule has 92 heavy (non-hydrogen) atoms. The van der Waals surface area contributed by atoms with Crippen molar-refractivity contribution in [3.05, 3.63) is 48.6 Å². The third-order valence-corrected chi connectivity index (χ3v) is 20.0. The number of carbonyl (C=O) groups is 1. The SMILES string of the molecule is CC/C=C\C/C=C\C/C=C\C/C=C\CCCCCCCCCCCCCCCCCCCCCCCCCCCCC(=O)NC(COP(=O)([O-])OCC[N+](C)(C)C)C(O)CCCCCCCCCCCCCCCCCCCCCCCCCCCCCCCCC. The van der Waals surface area contributed by atoms with E-state index in [0.29, 0.717) is 23.9 Å². The van der Waals surface area contributed by atoms with E-state index >= 15 is 0 Å². The first-order valence-electron chi connectivity index (χ1n) is 41.0. The Morgan fingerprint density at radius 2 is 0.663 bits per heavy atom. The highest BCUT2D eigenvalue weighted by molar-refractivity contribution is 7.45. The Kier molecular flexibility index (Phi) is 72.5. The minimum atomic E-state index is -4.58. The van der Waals surface area contributed by atoms with Crippen LogP contribution in [0.1, 0.15) is 425 Å². The number of unbranched alkanes of at least 4 members (excludes halogenated alkanes) is 56. The molecule has 3 unspecified atom stereocenters. The van der Waals surface area contributed by atoms with Gasteiger partial charge in [-0.25, -0.2) is 0 Å². The lowest BCUT2D eigenvalue weighted by atomic mass is 10.0. The van der Waals surface area contributed by atoms with Gasteiger partial charge in [-0.1, -0.05) is 416 Å². The third kappa shape index (κ3) is 75.8. The van der Waals surface area contributed by atoms with E-state index in [4.69, 9.17) is 9.05 Å². The molecule has 0 fully saturated rings. The smallest absolute Gasteiger partial charge is 0.268 e. The second kappa shape index (κ2) is 73.7. The number of carbonyl (C=O) groups excluding carboxylic acids is 1. The van der Waals surface area contributed by atoms with Gasteiger partial charge in [-0.05, 0) is 51.4 Å². The standard InChI is InChI=1S/C83H161N2O6P/c1-6-8-10-12-14-16-18-20-22-24-26-28-30-32-34-36-38-39-40-41-42-43-44-45-47-49-51-53-55-57-59-61-63-65-67-69-71-73-75-77-83(87)84-81(80-91-92(88,89)90-79-78-85(3,4)5)82(86)76-74-72-70-68-66-64-62-60-58-56-54-52-50-48-46-37-35-33-31-29-27-25-23-21-19-17-15-13-11-9-7-2/h8,10,14,16,20,22,26,28,81-82,86H,6-7,9,11-13,15,17-19,21,23-25,27,29-80H2,1-5H3,(H-,84,87,88,89)/b10-8-,16-14-,22-20-,28-26-. The number of hydrogen-bond donors (Lipinski definition) is 2. The number of nitrogens with zero attached hydrogens (tertiary/aromatic N) is 1.